The van der Waals surface area contributed by atoms with Gasteiger partial charge in [-0.1, -0.05) is 0 Å². The second-order valence-corrected chi connectivity index (χ2v) is 4.05. The summed E-state index contributed by atoms with van der Waals surface area (Å²) in [5.41, 5.74) is 0. The SMILES string of the molecule is O[C@@H]1[C@H](O)[C@H]2[C@@H](O)[C@@H](O)CN2C[C@@H]1O. The van der Waals surface area contributed by atoms with Crippen LogP contribution in [0.15, 0.2) is 0 Å². The predicted octanol–water partition coefficient (Wildman–Crippen LogP) is -3.51. The van der Waals surface area contributed by atoms with Gasteiger partial charge in [-0.15, -0.1) is 0 Å². The van der Waals surface area contributed by atoms with Gasteiger partial charge >= 0.3 is 0 Å². The summed E-state index contributed by atoms with van der Waals surface area (Å²) in [4.78, 5) is 1.59. The molecule has 6 heteroatoms. The lowest BCUT2D eigenvalue weighted by Crippen LogP contribution is -2.61. The third kappa shape index (κ3) is 1.35. The van der Waals surface area contributed by atoms with E-state index in [-0.39, 0.29) is 13.1 Å². The van der Waals surface area contributed by atoms with Gasteiger partial charge in [0.2, 0.25) is 0 Å². The average Bonchev–Trinajstić information content (AvgIpc) is 2.39. The Hall–Kier alpha value is -0.240. The van der Waals surface area contributed by atoms with Crippen LogP contribution in [0.2, 0.25) is 0 Å². The largest absolute Gasteiger partial charge is 0.389 e. The zero-order chi connectivity index (χ0) is 10.5. The Balaban J connectivity index is 2.18. The molecule has 6 nitrogen and oxygen atoms in total. The van der Waals surface area contributed by atoms with E-state index in [1.165, 1.54) is 0 Å². The van der Waals surface area contributed by atoms with Gasteiger partial charge in [0.15, 0.2) is 0 Å². The van der Waals surface area contributed by atoms with Crippen LogP contribution in [0.3, 0.4) is 0 Å². The summed E-state index contributed by atoms with van der Waals surface area (Å²) < 4.78 is 0. The third-order valence-electron chi connectivity index (χ3n) is 3.10. The van der Waals surface area contributed by atoms with E-state index < -0.39 is 36.6 Å². The lowest BCUT2D eigenvalue weighted by atomic mass is 9.93. The molecule has 0 aliphatic carbocycles. The van der Waals surface area contributed by atoms with E-state index in [1.54, 1.807) is 4.90 Å². The van der Waals surface area contributed by atoms with Crippen LogP contribution in [0, 0.1) is 0 Å². The van der Waals surface area contributed by atoms with Gasteiger partial charge in [-0.25, -0.2) is 0 Å². The van der Waals surface area contributed by atoms with Crippen LogP contribution in [0.4, 0.5) is 0 Å². The lowest BCUT2D eigenvalue weighted by molar-refractivity contribution is -0.142. The first-order valence-electron chi connectivity index (χ1n) is 4.66. The van der Waals surface area contributed by atoms with E-state index >= 15 is 0 Å². The molecule has 2 fully saturated rings. The highest BCUT2D eigenvalue weighted by atomic mass is 16.4. The topological polar surface area (TPSA) is 104 Å². The van der Waals surface area contributed by atoms with Crippen molar-refractivity contribution in [1.29, 1.82) is 0 Å². The fourth-order valence-corrected chi connectivity index (χ4v) is 2.31. The second kappa shape index (κ2) is 3.41. The molecular formula is C8H15NO5. The molecule has 5 N–H and O–H groups in total. The maximum atomic E-state index is 9.58. The molecule has 2 heterocycles. The zero-order valence-corrected chi connectivity index (χ0v) is 7.56. The van der Waals surface area contributed by atoms with E-state index in [0.29, 0.717) is 0 Å². The Morgan fingerprint density at radius 3 is 1.79 bits per heavy atom. The van der Waals surface area contributed by atoms with Crippen molar-refractivity contribution >= 4 is 0 Å². The number of nitrogens with zero attached hydrogens (tertiary/aromatic N) is 1. The second-order valence-electron chi connectivity index (χ2n) is 4.05. The smallest absolute Gasteiger partial charge is 0.109 e. The molecule has 0 amide bonds. The third-order valence-corrected chi connectivity index (χ3v) is 3.10. The number of aliphatic hydroxyl groups excluding tert-OH is 5. The number of rotatable bonds is 0. The van der Waals surface area contributed by atoms with E-state index in [4.69, 9.17) is 0 Å². The highest BCUT2D eigenvalue weighted by molar-refractivity contribution is 5.04. The van der Waals surface area contributed by atoms with Gasteiger partial charge in [-0.3, -0.25) is 4.90 Å². The van der Waals surface area contributed by atoms with Crippen LogP contribution >= 0.6 is 0 Å². The summed E-state index contributed by atoms with van der Waals surface area (Å²) >= 11 is 0. The fraction of sp³-hybridized carbons (Fsp3) is 1.00. The maximum Gasteiger partial charge on any atom is 0.109 e. The fourth-order valence-electron chi connectivity index (χ4n) is 2.31. The maximum absolute atomic E-state index is 9.58. The molecule has 6 atom stereocenters. The minimum absolute atomic E-state index is 0.164. The molecule has 14 heavy (non-hydrogen) atoms. The van der Waals surface area contributed by atoms with Gasteiger partial charge in [0.05, 0.1) is 24.4 Å². The highest BCUT2D eigenvalue weighted by Crippen LogP contribution is 2.28. The standard InChI is InChI=1S/C8H15NO5/c10-3-1-9-2-4(11)7(13)8(14)5(9)6(3)12/h3-8,10-14H,1-2H2/t3-,4-,5+,6-,7-,8+/m0/s1. The number of piperidine rings is 1. The monoisotopic (exact) mass is 205 g/mol. The van der Waals surface area contributed by atoms with E-state index in [0.717, 1.165) is 0 Å². The minimum atomic E-state index is -1.25. The van der Waals surface area contributed by atoms with Gasteiger partial charge in [0.25, 0.3) is 0 Å². The van der Waals surface area contributed by atoms with Crippen LogP contribution in [0.1, 0.15) is 0 Å². The predicted molar refractivity (Wildman–Crippen MR) is 45.4 cm³/mol. The van der Waals surface area contributed by atoms with Crippen molar-refractivity contribution in [3.63, 3.8) is 0 Å². The zero-order valence-electron chi connectivity index (χ0n) is 7.56. The van der Waals surface area contributed by atoms with E-state index in [2.05, 4.69) is 0 Å². The molecular weight excluding hydrogens is 190 g/mol. The van der Waals surface area contributed by atoms with Crippen molar-refractivity contribution in [1.82, 2.24) is 4.90 Å². The Labute approximate surface area is 81.0 Å². The summed E-state index contributed by atoms with van der Waals surface area (Å²) in [7, 11) is 0. The first-order valence-corrected chi connectivity index (χ1v) is 4.66. The number of fused-ring (bicyclic) bond motifs is 1. The molecule has 0 radical (unpaired) electrons. The first kappa shape index (κ1) is 10.3. The summed E-state index contributed by atoms with van der Waals surface area (Å²) in [6.45, 7) is 0.379. The van der Waals surface area contributed by atoms with Crippen molar-refractivity contribution in [2.75, 3.05) is 13.1 Å². The summed E-state index contributed by atoms with van der Waals surface area (Å²) in [5, 5.41) is 47.2. The number of hydrogen-bond acceptors (Lipinski definition) is 6. The average molecular weight is 205 g/mol. The molecule has 0 spiro atoms. The van der Waals surface area contributed by atoms with Crippen molar-refractivity contribution in [2.24, 2.45) is 0 Å². The summed E-state index contributed by atoms with van der Waals surface area (Å²) in [5.74, 6) is 0. The summed E-state index contributed by atoms with van der Waals surface area (Å²) in [6.07, 6.45) is -5.49. The molecule has 2 aliphatic rings. The Morgan fingerprint density at radius 2 is 1.21 bits per heavy atom. The Kier molecular flexibility index (Phi) is 2.50. The Morgan fingerprint density at radius 1 is 0.714 bits per heavy atom. The normalized spacial score (nSPS) is 54.6. The van der Waals surface area contributed by atoms with Crippen molar-refractivity contribution in [2.45, 2.75) is 36.6 Å². The van der Waals surface area contributed by atoms with Gasteiger partial charge in [0, 0.05) is 13.1 Å². The molecule has 2 aliphatic heterocycles. The van der Waals surface area contributed by atoms with Gasteiger partial charge in [-0.05, 0) is 0 Å². The van der Waals surface area contributed by atoms with Crippen molar-refractivity contribution < 1.29 is 25.5 Å². The van der Waals surface area contributed by atoms with Gasteiger partial charge in [0.1, 0.15) is 12.2 Å². The van der Waals surface area contributed by atoms with Gasteiger partial charge in [-0.2, -0.15) is 0 Å². The Bertz CT molecular complexity index is 224. The quantitative estimate of drug-likeness (QED) is 0.281. The molecule has 82 valence electrons. The van der Waals surface area contributed by atoms with E-state index in [9.17, 15) is 25.5 Å². The molecule has 0 bridgehead atoms. The van der Waals surface area contributed by atoms with Crippen molar-refractivity contribution in [3.05, 3.63) is 0 Å². The minimum Gasteiger partial charge on any atom is -0.389 e. The van der Waals surface area contributed by atoms with Crippen LogP contribution in [0.5, 0.6) is 0 Å². The van der Waals surface area contributed by atoms with Crippen LogP contribution in [0.25, 0.3) is 0 Å². The van der Waals surface area contributed by atoms with E-state index in [1.807, 2.05) is 0 Å². The molecule has 0 aromatic heterocycles. The van der Waals surface area contributed by atoms with Crippen molar-refractivity contribution in [3.8, 4) is 0 Å². The highest BCUT2D eigenvalue weighted by Gasteiger charge is 2.51. The molecule has 0 aromatic carbocycles. The first-order chi connectivity index (χ1) is 6.52. The molecule has 2 rings (SSSR count). The summed E-state index contributed by atoms with van der Waals surface area (Å²) in [6, 6.07) is -0.677. The van der Waals surface area contributed by atoms with Crippen LogP contribution in [-0.2, 0) is 0 Å². The van der Waals surface area contributed by atoms with Crippen LogP contribution < -0.4 is 0 Å². The molecule has 0 aromatic rings. The van der Waals surface area contributed by atoms with Gasteiger partial charge < -0.3 is 25.5 Å². The molecule has 0 saturated carbocycles. The molecule has 2 saturated heterocycles. The number of aliphatic hydroxyl groups is 5. The lowest BCUT2D eigenvalue weighted by Gasteiger charge is -2.40. The van der Waals surface area contributed by atoms with Crippen LogP contribution in [-0.4, -0.2) is 80.1 Å². The molecule has 0 unspecified atom stereocenters. The number of hydrogen-bond donors (Lipinski definition) is 5.